The van der Waals surface area contributed by atoms with Gasteiger partial charge in [-0.2, -0.15) is 0 Å². The number of amides is 1. The van der Waals surface area contributed by atoms with Crippen LogP contribution in [0.3, 0.4) is 0 Å². The van der Waals surface area contributed by atoms with Gasteiger partial charge in [-0.3, -0.25) is 10.2 Å². The van der Waals surface area contributed by atoms with Crippen LogP contribution >= 0.6 is 11.8 Å². The Hall–Kier alpha value is -2.96. The van der Waals surface area contributed by atoms with Crippen molar-refractivity contribution >= 4 is 29.1 Å². The van der Waals surface area contributed by atoms with E-state index in [1.54, 1.807) is 30.0 Å². The maximum Gasteiger partial charge on any atom is 0.265 e. The lowest BCUT2D eigenvalue weighted by Crippen LogP contribution is -2.39. The average Bonchev–Trinajstić information content (AvgIpc) is 3.21. The zero-order valence-electron chi connectivity index (χ0n) is 16.3. The Labute approximate surface area is 178 Å². The van der Waals surface area contributed by atoms with Crippen molar-refractivity contribution < 1.29 is 9.18 Å². The van der Waals surface area contributed by atoms with Crippen LogP contribution in [0.4, 0.5) is 10.1 Å². The van der Waals surface area contributed by atoms with Gasteiger partial charge in [0, 0.05) is 39.6 Å². The van der Waals surface area contributed by atoms with E-state index in [-0.39, 0.29) is 11.7 Å². The molecule has 6 heteroatoms. The number of halogens is 1. The number of fused-ring (bicyclic) bond motifs is 2. The van der Waals surface area contributed by atoms with Gasteiger partial charge < -0.3 is 0 Å². The minimum atomic E-state index is -0.317. The summed E-state index contributed by atoms with van der Waals surface area (Å²) < 4.78 is 14.7. The normalized spacial score (nSPS) is 15.7. The highest BCUT2D eigenvalue weighted by molar-refractivity contribution is 7.99. The molecule has 4 nitrogen and oxygen atoms in total. The van der Waals surface area contributed by atoms with Crippen molar-refractivity contribution in [3.63, 3.8) is 0 Å². The van der Waals surface area contributed by atoms with Gasteiger partial charge in [0.15, 0.2) is 0 Å². The summed E-state index contributed by atoms with van der Waals surface area (Å²) in [5, 5.41) is 1.95. The van der Waals surface area contributed by atoms with Crippen LogP contribution in [0, 0.1) is 5.82 Å². The molecule has 0 atom stereocenters. The van der Waals surface area contributed by atoms with Crippen molar-refractivity contribution in [3.05, 3.63) is 89.2 Å². The molecule has 0 aliphatic carbocycles. The summed E-state index contributed by atoms with van der Waals surface area (Å²) in [6.45, 7) is 1.74. The van der Waals surface area contributed by atoms with Crippen LogP contribution < -0.4 is 5.43 Å². The van der Waals surface area contributed by atoms with Crippen molar-refractivity contribution in [1.29, 1.82) is 0 Å². The number of nitrogens with one attached hydrogen (secondary N) is 1. The summed E-state index contributed by atoms with van der Waals surface area (Å²) in [6, 6.07) is 20.1. The van der Waals surface area contributed by atoms with Crippen LogP contribution in [0.5, 0.6) is 0 Å². The first-order chi connectivity index (χ1) is 14.7. The number of aliphatic imine (C=N–C) groups is 1. The van der Waals surface area contributed by atoms with E-state index in [0.717, 1.165) is 41.3 Å². The molecular formula is C24H20FN3OS. The Morgan fingerprint density at radius 1 is 0.933 bits per heavy atom. The van der Waals surface area contributed by atoms with Gasteiger partial charge >= 0.3 is 0 Å². The second kappa shape index (κ2) is 8.05. The highest BCUT2D eigenvalue weighted by Crippen LogP contribution is 2.41. The van der Waals surface area contributed by atoms with E-state index >= 15 is 0 Å². The van der Waals surface area contributed by atoms with Crippen LogP contribution in [0.15, 0.2) is 81.5 Å². The van der Waals surface area contributed by atoms with E-state index in [0.29, 0.717) is 22.5 Å². The third-order valence-electron chi connectivity index (χ3n) is 5.31. The minimum Gasteiger partial charge on any atom is -0.285 e. The standard InChI is InChI=1S/C24H20FN3OS/c25-19-9-3-1-7-17(19)23-18-8-2-4-10-21(18)30-22-12-11-16(15-20(22)26-23)24(29)27-28-13-5-6-14-28/h1-4,7-12,15H,5-6,13-14H2,(H,27,29). The fourth-order valence-corrected chi connectivity index (χ4v) is 4.78. The van der Waals surface area contributed by atoms with Crippen LogP contribution in [0.2, 0.25) is 0 Å². The quantitative estimate of drug-likeness (QED) is 0.498. The fourth-order valence-electron chi connectivity index (χ4n) is 3.78. The number of benzene rings is 3. The Morgan fingerprint density at radius 2 is 1.67 bits per heavy atom. The highest BCUT2D eigenvalue weighted by Gasteiger charge is 2.22. The predicted octanol–water partition coefficient (Wildman–Crippen LogP) is 5.20. The Morgan fingerprint density at radius 3 is 2.47 bits per heavy atom. The van der Waals surface area contributed by atoms with Gasteiger partial charge in [-0.15, -0.1) is 0 Å². The third-order valence-corrected chi connectivity index (χ3v) is 6.45. The van der Waals surface area contributed by atoms with Gasteiger partial charge in [0.25, 0.3) is 5.91 Å². The van der Waals surface area contributed by atoms with Gasteiger partial charge in [-0.05, 0) is 49.2 Å². The monoisotopic (exact) mass is 417 g/mol. The van der Waals surface area contributed by atoms with E-state index in [9.17, 15) is 9.18 Å². The molecule has 30 heavy (non-hydrogen) atoms. The molecule has 1 saturated heterocycles. The van der Waals surface area contributed by atoms with Crippen molar-refractivity contribution in [2.75, 3.05) is 13.1 Å². The van der Waals surface area contributed by atoms with Gasteiger partial charge in [-0.1, -0.05) is 42.1 Å². The Bertz CT molecular complexity index is 1150. The Kier molecular flexibility index (Phi) is 5.11. The molecule has 150 valence electrons. The van der Waals surface area contributed by atoms with Gasteiger partial charge in [0.05, 0.1) is 11.4 Å². The van der Waals surface area contributed by atoms with Crippen molar-refractivity contribution in [2.24, 2.45) is 4.99 Å². The first kappa shape index (κ1) is 19.0. The van der Waals surface area contributed by atoms with Gasteiger partial charge in [0.1, 0.15) is 5.82 Å². The lowest BCUT2D eigenvalue weighted by molar-refractivity contribution is 0.0826. The summed E-state index contributed by atoms with van der Waals surface area (Å²) in [5.41, 5.74) is 6.09. The number of carbonyl (C=O) groups excluding carboxylic acids is 1. The average molecular weight is 418 g/mol. The van der Waals surface area contributed by atoms with Crippen molar-refractivity contribution in [1.82, 2.24) is 10.4 Å². The SMILES string of the molecule is O=C(NN1CCCC1)c1ccc2c(c1)N=C(c1ccccc1F)c1ccccc1S2. The number of carbonyl (C=O) groups is 1. The molecule has 1 fully saturated rings. The van der Waals surface area contributed by atoms with E-state index < -0.39 is 0 Å². The molecule has 0 radical (unpaired) electrons. The Balaban J connectivity index is 1.59. The zero-order chi connectivity index (χ0) is 20.5. The largest absolute Gasteiger partial charge is 0.285 e. The third kappa shape index (κ3) is 3.64. The molecule has 1 N–H and O–H groups in total. The molecule has 2 heterocycles. The first-order valence-corrected chi connectivity index (χ1v) is 10.8. The maximum absolute atomic E-state index is 14.7. The van der Waals surface area contributed by atoms with Crippen LogP contribution in [0.1, 0.15) is 34.3 Å². The zero-order valence-corrected chi connectivity index (χ0v) is 17.1. The second-order valence-electron chi connectivity index (χ2n) is 7.36. The molecule has 0 spiro atoms. The number of nitrogens with zero attached hydrogens (tertiary/aromatic N) is 2. The minimum absolute atomic E-state index is 0.144. The van der Waals surface area contributed by atoms with E-state index in [4.69, 9.17) is 4.99 Å². The molecule has 3 aromatic carbocycles. The molecule has 0 unspecified atom stereocenters. The number of hydrogen-bond donors (Lipinski definition) is 1. The predicted molar refractivity (Wildman–Crippen MR) is 117 cm³/mol. The smallest absolute Gasteiger partial charge is 0.265 e. The van der Waals surface area contributed by atoms with Crippen LogP contribution in [-0.4, -0.2) is 29.7 Å². The summed E-state index contributed by atoms with van der Waals surface area (Å²) in [7, 11) is 0. The van der Waals surface area contributed by atoms with Gasteiger partial charge in [-0.25, -0.2) is 14.4 Å². The number of hydrazine groups is 1. The molecule has 1 amide bonds. The van der Waals surface area contributed by atoms with Crippen molar-refractivity contribution in [3.8, 4) is 0 Å². The van der Waals surface area contributed by atoms with Crippen molar-refractivity contribution in [2.45, 2.75) is 22.6 Å². The van der Waals surface area contributed by atoms with E-state index in [1.807, 2.05) is 47.5 Å². The molecule has 2 aliphatic rings. The summed E-state index contributed by atoms with van der Waals surface area (Å²) >= 11 is 1.58. The molecule has 3 aromatic rings. The molecule has 0 saturated carbocycles. The van der Waals surface area contributed by atoms with Gasteiger partial charge in [0.2, 0.25) is 0 Å². The van der Waals surface area contributed by atoms with E-state index in [1.165, 1.54) is 6.07 Å². The lowest BCUT2D eigenvalue weighted by atomic mass is 10.0. The maximum atomic E-state index is 14.7. The fraction of sp³-hybridized carbons (Fsp3) is 0.167. The lowest BCUT2D eigenvalue weighted by Gasteiger charge is -2.16. The molecule has 0 bridgehead atoms. The number of hydrogen-bond acceptors (Lipinski definition) is 4. The molecule has 2 aliphatic heterocycles. The topological polar surface area (TPSA) is 44.7 Å². The van der Waals surface area contributed by atoms with Crippen LogP contribution in [-0.2, 0) is 0 Å². The summed E-state index contributed by atoms with van der Waals surface area (Å²) in [6.07, 6.45) is 2.19. The molecule has 0 aromatic heterocycles. The molecular weight excluding hydrogens is 397 g/mol. The highest BCUT2D eigenvalue weighted by atomic mass is 32.2. The molecule has 5 rings (SSSR count). The van der Waals surface area contributed by atoms with Crippen LogP contribution in [0.25, 0.3) is 0 Å². The second-order valence-corrected chi connectivity index (χ2v) is 8.44. The number of rotatable bonds is 3. The summed E-state index contributed by atoms with van der Waals surface area (Å²) in [4.78, 5) is 19.5. The summed E-state index contributed by atoms with van der Waals surface area (Å²) in [5.74, 6) is -0.462. The van der Waals surface area contributed by atoms with E-state index in [2.05, 4.69) is 5.43 Å². The first-order valence-electron chi connectivity index (χ1n) is 10.00.